The van der Waals surface area contributed by atoms with Crippen LogP contribution >= 0.6 is 23.5 Å². The summed E-state index contributed by atoms with van der Waals surface area (Å²) in [6.45, 7) is 11.2. The van der Waals surface area contributed by atoms with E-state index < -0.39 is 0 Å². The average Bonchev–Trinajstić information content (AvgIpc) is 2.72. The number of anilines is 1. The average molecular weight is 456 g/mol. The smallest absolute Gasteiger partial charge is 0.153 e. The number of nitrogens with zero attached hydrogens (tertiary/aromatic N) is 2. The van der Waals surface area contributed by atoms with Gasteiger partial charge in [0.1, 0.15) is 23.3 Å². The largest absolute Gasteiger partial charge is 0.491 e. The van der Waals surface area contributed by atoms with E-state index in [1.807, 2.05) is 38.1 Å². The molecule has 0 spiro atoms. The molecule has 0 atom stereocenters. The van der Waals surface area contributed by atoms with Crippen LogP contribution in [0.15, 0.2) is 39.0 Å². The lowest BCUT2D eigenvalue weighted by Crippen LogP contribution is -2.11. The van der Waals surface area contributed by atoms with Crippen LogP contribution in [-0.4, -0.2) is 18.0 Å². The van der Waals surface area contributed by atoms with E-state index in [1.54, 1.807) is 11.8 Å². The van der Waals surface area contributed by atoms with Gasteiger partial charge in [-0.25, -0.2) is 0 Å². The SMILES string of the molecule is CCCOc1c(C#N)c(C#N)c(OCCC)c(SC(C)(C)C)c1Sc1ccccc1N. The molecule has 5 nitrogen and oxygen atoms in total. The van der Waals surface area contributed by atoms with Gasteiger partial charge in [0.2, 0.25) is 0 Å². The molecule has 0 radical (unpaired) electrons. The summed E-state index contributed by atoms with van der Waals surface area (Å²) in [5.41, 5.74) is 7.29. The third-order valence-electron chi connectivity index (χ3n) is 3.99. The monoisotopic (exact) mass is 455 g/mol. The second-order valence-corrected chi connectivity index (χ2v) is 10.7. The highest BCUT2D eigenvalue weighted by molar-refractivity contribution is 8.03. The number of nitriles is 2. The lowest BCUT2D eigenvalue weighted by Gasteiger charge is -2.26. The number of rotatable bonds is 9. The van der Waals surface area contributed by atoms with Crippen molar-refractivity contribution in [3.8, 4) is 23.6 Å². The minimum atomic E-state index is -0.162. The molecule has 0 aliphatic carbocycles. The van der Waals surface area contributed by atoms with Crippen LogP contribution in [0.25, 0.3) is 0 Å². The summed E-state index contributed by atoms with van der Waals surface area (Å²) < 4.78 is 12.0. The summed E-state index contributed by atoms with van der Waals surface area (Å²) in [6, 6.07) is 12.0. The second kappa shape index (κ2) is 11.2. The van der Waals surface area contributed by atoms with Crippen molar-refractivity contribution in [2.75, 3.05) is 18.9 Å². The maximum atomic E-state index is 9.97. The van der Waals surface area contributed by atoms with Gasteiger partial charge in [-0.2, -0.15) is 10.5 Å². The molecule has 0 heterocycles. The van der Waals surface area contributed by atoms with E-state index in [4.69, 9.17) is 15.2 Å². The molecule has 0 aromatic heterocycles. The second-order valence-electron chi connectivity index (χ2n) is 7.84. The lowest BCUT2D eigenvalue weighted by atomic mass is 10.1. The summed E-state index contributed by atoms with van der Waals surface area (Å²) in [4.78, 5) is 2.42. The quantitative estimate of drug-likeness (QED) is 0.335. The zero-order chi connectivity index (χ0) is 23.0. The fourth-order valence-corrected chi connectivity index (χ4v) is 5.03. The lowest BCUT2D eigenvalue weighted by molar-refractivity contribution is 0.293. The summed E-state index contributed by atoms with van der Waals surface area (Å²) >= 11 is 3.04. The van der Waals surface area contributed by atoms with E-state index in [2.05, 4.69) is 32.9 Å². The van der Waals surface area contributed by atoms with Gasteiger partial charge in [-0.05, 0) is 25.0 Å². The summed E-state index contributed by atoms with van der Waals surface area (Å²) in [6.07, 6.45) is 1.56. The Balaban J connectivity index is 2.90. The molecule has 0 unspecified atom stereocenters. The van der Waals surface area contributed by atoms with E-state index >= 15 is 0 Å². The van der Waals surface area contributed by atoms with Gasteiger partial charge < -0.3 is 15.2 Å². The number of hydrogen-bond donors (Lipinski definition) is 1. The Bertz CT molecular complexity index is 1000. The van der Waals surface area contributed by atoms with Crippen molar-refractivity contribution in [1.29, 1.82) is 10.5 Å². The number of nitrogens with two attached hydrogens (primary N) is 1. The maximum Gasteiger partial charge on any atom is 0.153 e. The Labute approximate surface area is 193 Å². The van der Waals surface area contributed by atoms with Gasteiger partial charge in [0.25, 0.3) is 0 Å². The molecule has 2 rings (SSSR count). The third kappa shape index (κ3) is 6.26. The predicted octanol–water partition coefficient (Wildman–Crippen LogP) is 6.63. The molecule has 0 aliphatic heterocycles. The Morgan fingerprint density at radius 1 is 0.903 bits per heavy atom. The van der Waals surface area contributed by atoms with Crippen LogP contribution in [-0.2, 0) is 0 Å². The first-order valence-corrected chi connectivity index (χ1v) is 11.9. The first-order valence-electron chi connectivity index (χ1n) is 10.3. The molecular weight excluding hydrogens is 426 g/mol. The highest BCUT2D eigenvalue weighted by atomic mass is 32.2. The normalized spacial score (nSPS) is 10.9. The molecular formula is C24H29N3O2S2. The van der Waals surface area contributed by atoms with Crippen molar-refractivity contribution in [1.82, 2.24) is 0 Å². The molecule has 2 aromatic rings. The number of ether oxygens (including phenoxy) is 2. The Morgan fingerprint density at radius 3 is 1.87 bits per heavy atom. The van der Waals surface area contributed by atoms with Crippen LogP contribution in [0.1, 0.15) is 58.6 Å². The highest BCUT2D eigenvalue weighted by Gasteiger charge is 2.30. The minimum Gasteiger partial charge on any atom is -0.491 e. The van der Waals surface area contributed by atoms with E-state index in [1.165, 1.54) is 11.8 Å². The van der Waals surface area contributed by atoms with Crippen molar-refractivity contribution in [3.63, 3.8) is 0 Å². The number of para-hydroxylation sites is 1. The van der Waals surface area contributed by atoms with Crippen molar-refractivity contribution in [3.05, 3.63) is 35.4 Å². The molecule has 164 valence electrons. The van der Waals surface area contributed by atoms with Crippen LogP contribution in [0.4, 0.5) is 5.69 Å². The number of hydrogen-bond acceptors (Lipinski definition) is 7. The van der Waals surface area contributed by atoms with Gasteiger partial charge in [0.15, 0.2) is 11.5 Å². The van der Waals surface area contributed by atoms with Crippen LogP contribution in [0.3, 0.4) is 0 Å². The third-order valence-corrected chi connectivity index (χ3v) is 6.51. The van der Waals surface area contributed by atoms with E-state index in [0.29, 0.717) is 30.4 Å². The van der Waals surface area contributed by atoms with Crippen molar-refractivity contribution >= 4 is 29.2 Å². The molecule has 31 heavy (non-hydrogen) atoms. The van der Waals surface area contributed by atoms with Crippen molar-refractivity contribution < 1.29 is 9.47 Å². The molecule has 0 aliphatic rings. The van der Waals surface area contributed by atoms with Gasteiger partial charge >= 0.3 is 0 Å². The van der Waals surface area contributed by atoms with Gasteiger partial charge in [0.05, 0.1) is 23.0 Å². The Morgan fingerprint density at radius 2 is 1.42 bits per heavy atom. The highest BCUT2D eigenvalue weighted by Crippen LogP contribution is 2.53. The molecule has 0 saturated carbocycles. The van der Waals surface area contributed by atoms with E-state index in [9.17, 15) is 10.5 Å². The van der Waals surface area contributed by atoms with E-state index in [-0.39, 0.29) is 15.9 Å². The van der Waals surface area contributed by atoms with E-state index in [0.717, 1.165) is 27.5 Å². The van der Waals surface area contributed by atoms with Gasteiger partial charge in [-0.3, -0.25) is 0 Å². The van der Waals surface area contributed by atoms with Crippen LogP contribution < -0.4 is 15.2 Å². The molecule has 2 N–H and O–H groups in total. The first kappa shape index (κ1) is 24.8. The minimum absolute atomic E-state index is 0.162. The van der Waals surface area contributed by atoms with Crippen molar-refractivity contribution in [2.45, 2.75) is 66.9 Å². The Kier molecular flexibility index (Phi) is 8.98. The Hall–Kier alpha value is -2.48. The molecule has 2 aromatic carbocycles. The molecule has 0 amide bonds. The summed E-state index contributed by atoms with van der Waals surface area (Å²) in [7, 11) is 0. The fourth-order valence-electron chi connectivity index (χ4n) is 2.73. The topological polar surface area (TPSA) is 92.1 Å². The molecule has 7 heteroatoms. The van der Waals surface area contributed by atoms with Gasteiger partial charge in [-0.1, -0.05) is 58.5 Å². The van der Waals surface area contributed by atoms with Crippen LogP contribution in [0.5, 0.6) is 11.5 Å². The zero-order valence-corrected chi connectivity index (χ0v) is 20.4. The molecule has 0 bridgehead atoms. The number of nitrogen functional groups attached to an aromatic ring is 1. The van der Waals surface area contributed by atoms with Gasteiger partial charge in [0, 0.05) is 15.3 Å². The number of thioether (sulfide) groups is 1. The maximum absolute atomic E-state index is 9.97. The van der Waals surface area contributed by atoms with Crippen molar-refractivity contribution in [2.24, 2.45) is 0 Å². The zero-order valence-electron chi connectivity index (χ0n) is 18.7. The summed E-state index contributed by atoms with van der Waals surface area (Å²) in [5, 5.41) is 19.9. The first-order chi connectivity index (χ1) is 14.8. The standard InChI is InChI=1S/C24H29N3O2S2/c1-6-12-28-20-16(14-25)17(15-26)21(29-13-7-2)23(31-24(3,4)5)22(20)30-19-11-9-8-10-18(19)27/h8-11H,6-7,12-13,27H2,1-5H3. The van der Waals surface area contributed by atoms with Gasteiger partial charge in [-0.15, -0.1) is 11.8 Å². The van der Waals surface area contributed by atoms with Crippen LogP contribution in [0.2, 0.25) is 0 Å². The predicted molar refractivity (Wildman–Crippen MR) is 128 cm³/mol. The molecule has 0 saturated heterocycles. The summed E-state index contributed by atoms with van der Waals surface area (Å²) in [5.74, 6) is 0.867. The molecule has 0 fully saturated rings. The fraction of sp³-hybridized carbons (Fsp3) is 0.417. The number of benzene rings is 2. The van der Waals surface area contributed by atoms with Crippen LogP contribution in [0, 0.1) is 22.7 Å².